The summed E-state index contributed by atoms with van der Waals surface area (Å²) in [5.74, 6) is -0.0214. The zero-order chi connectivity index (χ0) is 20.1. The SMILES string of the molecule is CCOC(=O)N1CCN(CCCCn2ccc3c2C(=O)N(C)CCC3=O)CC1. The van der Waals surface area contributed by atoms with Crippen LogP contribution < -0.4 is 0 Å². The molecule has 0 aromatic carbocycles. The third-order valence-electron chi connectivity index (χ3n) is 5.51. The number of unbranched alkanes of at least 4 members (excludes halogenated alkanes) is 1. The van der Waals surface area contributed by atoms with Crippen molar-refractivity contribution in [2.45, 2.75) is 32.7 Å². The molecule has 2 aliphatic heterocycles. The van der Waals surface area contributed by atoms with Crippen molar-refractivity contribution in [1.29, 1.82) is 0 Å². The number of aromatic nitrogens is 1. The van der Waals surface area contributed by atoms with E-state index in [1.165, 1.54) is 0 Å². The fraction of sp³-hybridized carbons (Fsp3) is 0.650. The first-order chi connectivity index (χ1) is 13.5. The fourth-order valence-electron chi connectivity index (χ4n) is 3.79. The molecule has 8 heteroatoms. The predicted octanol–water partition coefficient (Wildman–Crippen LogP) is 1.70. The second-order valence-corrected chi connectivity index (χ2v) is 7.41. The molecule has 3 heterocycles. The van der Waals surface area contributed by atoms with E-state index in [1.807, 2.05) is 17.7 Å². The van der Waals surface area contributed by atoms with Gasteiger partial charge in [-0.1, -0.05) is 0 Å². The van der Waals surface area contributed by atoms with Crippen molar-refractivity contribution >= 4 is 17.8 Å². The quantitative estimate of drug-likeness (QED) is 0.691. The van der Waals surface area contributed by atoms with E-state index in [2.05, 4.69) is 4.90 Å². The second kappa shape index (κ2) is 9.23. The maximum absolute atomic E-state index is 12.6. The molecule has 154 valence electrons. The summed E-state index contributed by atoms with van der Waals surface area (Å²) in [6.45, 7) is 7.51. The monoisotopic (exact) mass is 390 g/mol. The average Bonchev–Trinajstić information content (AvgIpc) is 3.08. The number of piperazine rings is 1. The molecule has 8 nitrogen and oxygen atoms in total. The van der Waals surface area contributed by atoms with E-state index in [4.69, 9.17) is 4.74 Å². The highest BCUT2D eigenvalue weighted by atomic mass is 16.6. The van der Waals surface area contributed by atoms with Gasteiger partial charge in [-0.15, -0.1) is 0 Å². The van der Waals surface area contributed by atoms with Crippen LogP contribution in [0, 0.1) is 0 Å². The Morgan fingerprint density at radius 3 is 2.50 bits per heavy atom. The number of fused-ring (bicyclic) bond motifs is 1. The molecule has 2 amide bonds. The number of ether oxygens (including phenoxy) is 1. The average molecular weight is 390 g/mol. The summed E-state index contributed by atoms with van der Waals surface area (Å²) >= 11 is 0. The third-order valence-corrected chi connectivity index (χ3v) is 5.51. The van der Waals surface area contributed by atoms with Crippen LogP contribution in [0.2, 0.25) is 0 Å². The molecule has 1 aromatic heterocycles. The van der Waals surface area contributed by atoms with Gasteiger partial charge in [0, 0.05) is 64.5 Å². The number of nitrogens with zero attached hydrogens (tertiary/aromatic N) is 4. The fourth-order valence-corrected chi connectivity index (χ4v) is 3.79. The zero-order valence-corrected chi connectivity index (χ0v) is 16.9. The Bertz CT molecular complexity index is 722. The molecule has 0 aliphatic carbocycles. The van der Waals surface area contributed by atoms with Crippen molar-refractivity contribution in [3.63, 3.8) is 0 Å². The Morgan fingerprint density at radius 2 is 1.79 bits per heavy atom. The number of carbonyl (C=O) groups excluding carboxylic acids is 3. The van der Waals surface area contributed by atoms with Crippen molar-refractivity contribution in [1.82, 2.24) is 19.3 Å². The molecule has 0 bridgehead atoms. The van der Waals surface area contributed by atoms with E-state index in [0.29, 0.717) is 43.9 Å². The number of hydrogen-bond donors (Lipinski definition) is 0. The molecule has 28 heavy (non-hydrogen) atoms. The number of Topliss-reactive ketones (excluding diaryl/α,β-unsaturated/α-hetero) is 1. The summed E-state index contributed by atoms with van der Waals surface area (Å²) in [5, 5.41) is 0. The van der Waals surface area contributed by atoms with E-state index in [-0.39, 0.29) is 17.8 Å². The first-order valence-corrected chi connectivity index (χ1v) is 10.1. The first kappa shape index (κ1) is 20.4. The van der Waals surface area contributed by atoms with E-state index in [9.17, 15) is 14.4 Å². The molecule has 0 atom stereocenters. The van der Waals surface area contributed by atoms with Gasteiger partial charge in [0.25, 0.3) is 5.91 Å². The molecule has 1 saturated heterocycles. The van der Waals surface area contributed by atoms with Crippen LogP contribution in [0.4, 0.5) is 4.79 Å². The molecule has 0 N–H and O–H groups in total. The number of carbonyl (C=O) groups is 3. The minimum absolute atomic E-state index is 0.0471. The van der Waals surface area contributed by atoms with Crippen LogP contribution in [0.3, 0.4) is 0 Å². The third kappa shape index (κ3) is 4.55. The number of ketones is 1. The van der Waals surface area contributed by atoms with Crippen LogP contribution in [0.25, 0.3) is 0 Å². The van der Waals surface area contributed by atoms with E-state index < -0.39 is 0 Å². The lowest BCUT2D eigenvalue weighted by Crippen LogP contribution is -2.49. The number of amides is 2. The van der Waals surface area contributed by atoms with Crippen LogP contribution in [-0.2, 0) is 11.3 Å². The highest BCUT2D eigenvalue weighted by Crippen LogP contribution is 2.20. The van der Waals surface area contributed by atoms with Crippen LogP contribution >= 0.6 is 0 Å². The summed E-state index contributed by atoms with van der Waals surface area (Å²) < 4.78 is 6.97. The highest BCUT2D eigenvalue weighted by Gasteiger charge is 2.28. The van der Waals surface area contributed by atoms with Crippen LogP contribution in [0.5, 0.6) is 0 Å². The molecule has 0 saturated carbocycles. The maximum atomic E-state index is 12.6. The minimum atomic E-state index is -0.223. The van der Waals surface area contributed by atoms with Gasteiger partial charge in [0.05, 0.1) is 6.61 Å². The van der Waals surface area contributed by atoms with Crippen LogP contribution in [-0.4, -0.2) is 90.0 Å². The summed E-state index contributed by atoms with van der Waals surface area (Å²) in [6, 6.07) is 1.78. The standard InChI is InChI=1S/C20H30N4O4/c1-3-28-20(27)24-14-12-22(13-15-24)8-4-5-9-23-11-6-16-17(25)7-10-21(2)19(26)18(16)23/h6,11H,3-5,7-10,12-15H2,1-2H3. The van der Waals surface area contributed by atoms with Crippen molar-refractivity contribution in [3.8, 4) is 0 Å². The largest absolute Gasteiger partial charge is 0.450 e. The molecule has 0 unspecified atom stereocenters. The lowest BCUT2D eigenvalue weighted by atomic mass is 10.1. The molecule has 1 aromatic rings. The molecule has 0 spiro atoms. The summed E-state index contributed by atoms with van der Waals surface area (Å²) in [4.78, 5) is 42.3. The Labute approximate surface area is 166 Å². The van der Waals surface area contributed by atoms with Crippen molar-refractivity contribution in [2.24, 2.45) is 0 Å². The highest BCUT2D eigenvalue weighted by molar-refractivity contribution is 6.08. The van der Waals surface area contributed by atoms with Crippen molar-refractivity contribution in [2.75, 3.05) is 52.9 Å². The molecule has 3 rings (SSSR count). The Morgan fingerprint density at radius 1 is 1.07 bits per heavy atom. The smallest absolute Gasteiger partial charge is 0.409 e. The topological polar surface area (TPSA) is 75.1 Å². The Hall–Kier alpha value is -2.35. The zero-order valence-electron chi connectivity index (χ0n) is 16.9. The normalized spacial score (nSPS) is 18.2. The lowest BCUT2D eigenvalue weighted by Gasteiger charge is -2.34. The van der Waals surface area contributed by atoms with E-state index in [0.717, 1.165) is 39.0 Å². The second-order valence-electron chi connectivity index (χ2n) is 7.41. The molecular formula is C20H30N4O4. The summed E-state index contributed by atoms with van der Waals surface area (Å²) in [5.41, 5.74) is 1.09. The number of aryl methyl sites for hydroxylation is 1. The van der Waals surface area contributed by atoms with Gasteiger partial charge in [0.15, 0.2) is 5.78 Å². The van der Waals surface area contributed by atoms with Gasteiger partial charge in [0.1, 0.15) is 5.69 Å². The minimum Gasteiger partial charge on any atom is -0.450 e. The van der Waals surface area contributed by atoms with Gasteiger partial charge in [-0.05, 0) is 32.4 Å². The molecule has 0 radical (unpaired) electrons. The van der Waals surface area contributed by atoms with Gasteiger partial charge >= 0.3 is 6.09 Å². The first-order valence-electron chi connectivity index (χ1n) is 10.1. The summed E-state index contributed by atoms with van der Waals surface area (Å²) in [7, 11) is 1.75. The van der Waals surface area contributed by atoms with Crippen LogP contribution in [0.15, 0.2) is 12.3 Å². The molecular weight excluding hydrogens is 360 g/mol. The molecule has 1 fully saturated rings. The van der Waals surface area contributed by atoms with Crippen molar-refractivity contribution in [3.05, 3.63) is 23.5 Å². The van der Waals surface area contributed by atoms with Crippen LogP contribution in [0.1, 0.15) is 47.0 Å². The van der Waals surface area contributed by atoms with E-state index in [1.54, 1.807) is 22.9 Å². The Balaban J connectivity index is 1.45. The Kier molecular flexibility index (Phi) is 6.72. The van der Waals surface area contributed by atoms with Crippen molar-refractivity contribution < 1.29 is 19.1 Å². The molecule has 2 aliphatic rings. The number of hydrogen-bond acceptors (Lipinski definition) is 5. The van der Waals surface area contributed by atoms with Gasteiger partial charge in [-0.25, -0.2) is 4.79 Å². The maximum Gasteiger partial charge on any atom is 0.409 e. The number of rotatable bonds is 6. The van der Waals surface area contributed by atoms with Gasteiger partial charge < -0.3 is 19.1 Å². The predicted molar refractivity (Wildman–Crippen MR) is 105 cm³/mol. The summed E-state index contributed by atoms with van der Waals surface area (Å²) in [6.07, 6.45) is 3.96. The van der Waals surface area contributed by atoms with E-state index >= 15 is 0 Å². The van der Waals surface area contributed by atoms with Gasteiger partial charge in [-0.2, -0.15) is 0 Å². The van der Waals surface area contributed by atoms with Gasteiger partial charge in [0.2, 0.25) is 0 Å². The lowest BCUT2D eigenvalue weighted by molar-refractivity contribution is 0.0776. The van der Waals surface area contributed by atoms with Gasteiger partial charge in [-0.3, -0.25) is 14.5 Å².